The number of hydrogen-bond acceptors (Lipinski definition) is 7. The van der Waals surface area contributed by atoms with Crippen molar-refractivity contribution in [3.8, 4) is 0 Å². The van der Waals surface area contributed by atoms with E-state index >= 15 is 0 Å². The molecule has 4 aromatic rings. The third-order valence-corrected chi connectivity index (χ3v) is 7.42. The van der Waals surface area contributed by atoms with Gasteiger partial charge in [-0.1, -0.05) is 34.8 Å². The third kappa shape index (κ3) is 6.19. The molecule has 37 heavy (non-hydrogen) atoms. The minimum atomic E-state index is -0.209. The number of nitrogens with one attached hydrogen (secondary N) is 1. The van der Waals surface area contributed by atoms with Gasteiger partial charge in [0.25, 0.3) is 0 Å². The Kier molecular flexibility index (Phi) is 7.85. The van der Waals surface area contributed by atoms with Crippen LogP contribution in [0, 0.1) is 5.82 Å². The first-order chi connectivity index (χ1) is 18.0. The van der Waals surface area contributed by atoms with Crippen molar-refractivity contribution in [2.45, 2.75) is 31.7 Å². The Morgan fingerprint density at radius 1 is 1.00 bits per heavy atom. The maximum atomic E-state index is 12.1. The van der Waals surface area contributed by atoms with Gasteiger partial charge in [0.2, 0.25) is 11.9 Å². The molecule has 2 aromatic heterocycles. The molecule has 2 aromatic carbocycles. The minimum absolute atomic E-state index is 0.209. The number of nitrogens with zero attached hydrogens (tertiary/aromatic N) is 6. The van der Waals surface area contributed by atoms with Crippen LogP contribution in [0.2, 0.25) is 0 Å². The van der Waals surface area contributed by atoms with Gasteiger partial charge in [0.05, 0.1) is 6.20 Å². The van der Waals surface area contributed by atoms with Gasteiger partial charge in [-0.05, 0) is 62.4 Å². The highest BCUT2D eigenvalue weighted by molar-refractivity contribution is 9.10. The quantitative estimate of drug-likeness (QED) is 0.332. The van der Waals surface area contributed by atoms with E-state index in [1.54, 1.807) is 18.3 Å². The van der Waals surface area contributed by atoms with Crippen molar-refractivity contribution in [3.05, 3.63) is 65.0 Å². The lowest BCUT2D eigenvalue weighted by Crippen LogP contribution is -2.44. The van der Waals surface area contributed by atoms with E-state index in [2.05, 4.69) is 76.9 Å². The molecule has 0 amide bonds. The molecule has 3 heterocycles. The topological polar surface area (TPSA) is 88.1 Å². The lowest BCUT2D eigenvalue weighted by Gasteiger charge is -2.34. The van der Waals surface area contributed by atoms with E-state index in [9.17, 15) is 4.39 Å². The Morgan fingerprint density at radius 2 is 1.73 bits per heavy atom. The zero-order chi connectivity index (χ0) is 25.8. The average molecular weight is 568 g/mol. The summed E-state index contributed by atoms with van der Waals surface area (Å²) in [6.45, 7) is 4.34. The molecule has 0 atom stereocenters. The van der Waals surface area contributed by atoms with Crippen molar-refractivity contribution >= 4 is 50.4 Å². The smallest absolute Gasteiger partial charge is 0.229 e. The summed E-state index contributed by atoms with van der Waals surface area (Å²) in [6, 6.07) is 15.1. The van der Waals surface area contributed by atoms with Crippen molar-refractivity contribution in [2.75, 3.05) is 49.2 Å². The first-order valence-corrected chi connectivity index (χ1v) is 13.5. The number of aromatic nitrogens is 4. The fourth-order valence-corrected chi connectivity index (χ4v) is 5.27. The number of anilines is 4. The lowest BCUT2D eigenvalue weighted by molar-refractivity contribution is 0.313. The van der Waals surface area contributed by atoms with Crippen LogP contribution in [0.25, 0.3) is 11.2 Å². The molecule has 6 rings (SSSR count). The van der Waals surface area contributed by atoms with Crippen molar-refractivity contribution in [2.24, 2.45) is 0 Å². The number of nitrogens with two attached hydrogens (primary N) is 1. The van der Waals surface area contributed by atoms with E-state index in [4.69, 9.17) is 10.7 Å². The Hall–Kier alpha value is -3.24. The van der Waals surface area contributed by atoms with E-state index in [-0.39, 0.29) is 5.82 Å². The molecule has 0 spiro atoms. The predicted molar refractivity (Wildman–Crippen MR) is 151 cm³/mol. The molecule has 2 aliphatic rings. The van der Waals surface area contributed by atoms with Crippen LogP contribution in [0.1, 0.15) is 31.7 Å². The van der Waals surface area contributed by atoms with Crippen LogP contribution in [0.4, 0.5) is 27.7 Å². The van der Waals surface area contributed by atoms with Gasteiger partial charge >= 0.3 is 0 Å². The van der Waals surface area contributed by atoms with Crippen LogP contribution in [0.5, 0.6) is 0 Å². The van der Waals surface area contributed by atoms with Crippen LogP contribution in [-0.4, -0.2) is 57.6 Å². The van der Waals surface area contributed by atoms with Crippen LogP contribution < -0.4 is 16.0 Å². The van der Waals surface area contributed by atoms with Crippen molar-refractivity contribution in [1.29, 1.82) is 0 Å². The number of imidazole rings is 1. The van der Waals surface area contributed by atoms with Gasteiger partial charge in [-0.3, -0.25) is 4.57 Å². The number of rotatable bonds is 4. The summed E-state index contributed by atoms with van der Waals surface area (Å²) in [5.74, 6) is 0.901. The second kappa shape index (κ2) is 11.4. The number of halogens is 2. The van der Waals surface area contributed by atoms with E-state index in [1.807, 2.05) is 0 Å². The number of likely N-dealkylation sites (N-methyl/N-ethyl adjacent to an activating group) is 1. The molecule has 0 unspecified atom stereocenters. The maximum absolute atomic E-state index is 12.1. The minimum Gasteiger partial charge on any atom is -0.369 e. The Labute approximate surface area is 224 Å². The lowest BCUT2D eigenvalue weighted by atomic mass is 10.2. The molecular weight excluding hydrogens is 535 g/mol. The largest absolute Gasteiger partial charge is 0.369 e. The van der Waals surface area contributed by atoms with Gasteiger partial charge in [0.15, 0.2) is 5.65 Å². The Balaban J connectivity index is 0.000000301. The third-order valence-electron chi connectivity index (χ3n) is 6.93. The van der Waals surface area contributed by atoms with E-state index in [0.717, 1.165) is 60.3 Å². The van der Waals surface area contributed by atoms with Gasteiger partial charge in [0.1, 0.15) is 11.3 Å². The number of benzene rings is 2. The monoisotopic (exact) mass is 566 g/mol. The Bertz CT molecular complexity index is 1310. The van der Waals surface area contributed by atoms with E-state index in [0.29, 0.717) is 17.9 Å². The van der Waals surface area contributed by atoms with Crippen LogP contribution >= 0.6 is 15.9 Å². The zero-order valence-corrected chi connectivity index (χ0v) is 22.5. The second-order valence-electron chi connectivity index (χ2n) is 9.58. The van der Waals surface area contributed by atoms with Gasteiger partial charge in [-0.25, -0.2) is 14.4 Å². The average Bonchev–Trinajstić information content (AvgIpc) is 3.52. The Morgan fingerprint density at radius 3 is 2.38 bits per heavy atom. The van der Waals surface area contributed by atoms with Gasteiger partial charge in [-0.15, -0.1) is 0 Å². The molecule has 1 aliphatic heterocycles. The number of nitrogen functional groups attached to an aromatic ring is 1. The van der Waals surface area contributed by atoms with Crippen LogP contribution in [0.3, 0.4) is 0 Å². The molecule has 194 valence electrons. The summed E-state index contributed by atoms with van der Waals surface area (Å²) in [5, 5.41) is 3.33. The van der Waals surface area contributed by atoms with Crippen molar-refractivity contribution in [1.82, 2.24) is 24.4 Å². The first-order valence-electron chi connectivity index (χ1n) is 12.7. The molecule has 1 saturated carbocycles. The molecule has 8 nitrogen and oxygen atoms in total. The summed E-state index contributed by atoms with van der Waals surface area (Å²) in [7, 11) is 2.17. The predicted octanol–water partition coefficient (Wildman–Crippen LogP) is 5.61. The number of piperazine rings is 1. The molecule has 1 aliphatic carbocycles. The molecule has 3 N–H and O–H groups in total. The van der Waals surface area contributed by atoms with E-state index < -0.39 is 0 Å². The molecule has 0 radical (unpaired) electrons. The first kappa shape index (κ1) is 25.4. The standard InChI is InChI=1S/C21H28N8.C6H4BrF/c1-27-10-12-28(13-11-27)16-8-6-15(7-9-16)24-21-23-14-18-19(26-21)29(20(22)25-18)17-4-2-3-5-17;7-5-2-1-3-6(8)4-5/h6-9,14,17H,2-5,10-13H2,1H3,(H2,22,25)(H,23,24,26);1-4H. The van der Waals surface area contributed by atoms with Crippen LogP contribution in [0.15, 0.2) is 59.2 Å². The van der Waals surface area contributed by atoms with Crippen molar-refractivity contribution < 1.29 is 4.39 Å². The van der Waals surface area contributed by atoms with Crippen LogP contribution in [-0.2, 0) is 0 Å². The molecule has 1 saturated heterocycles. The molecular formula is C27H32BrFN8. The fraction of sp³-hybridized carbons (Fsp3) is 0.370. The summed E-state index contributed by atoms with van der Waals surface area (Å²) in [4.78, 5) is 18.4. The number of fused-ring (bicyclic) bond motifs is 1. The maximum Gasteiger partial charge on any atom is 0.229 e. The second-order valence-corrected chi connectivity index (χ2v) is 10.5. The summed E-state index contributed by atoms with van der Waals surface area (Å²) in [5.41, 5.74) is 9.99. The summed E-state index contributed by atoms with van der Waals surface area (Å²) >= 11 is 3.12. The SMILES string of the molecule is CN1CCN(c2ccc(Nc3ncc4nc(N)n(C5CCCC5)c4n3)cc2)CC1.Fc1cccc(Br)c1. The van der Waals surface area contributed by atoms with Gasteiger partial charge in [-0.2, -0.15) is 4.98 Å². The zero-order valence-electron chi connectivity index (χ0n) is 20.9. The highest BCUT2D eigenvalue weighted by atomic mass is 79.9. The highest BCUT2D eigenvalue weighted by Gasteiger charge is 2.23. The summed E-state index contributed by atoms with van der Waals surface area (Å²) in [6.07, 6.45) is 6.50. The summed E-state index contributed by atoms with van der Waals surface area (Å²) < 4.78 is 15.0. The van der Waals surface area contributed by atoms with Gasteiger partial charge in [0, 0.05) is 48.1 Å². The molecule has 0 bridgehead atoms. The number of hydrogen-bond donors (Lipinski definition) is 2. The van der Waals surface area contributed by atoms with E-state index in [1.165, 1.54) is 30.7 Å². The molecule has 2 fully saturated rings. The normalized spacial score (nSPS) is 16.6. The highest BCUT2D eigenvalue weighted by Crippen LogP contribution is 2.34. The molecule has 10 heteroatoms. The fourth-order valence-electron chi connectivity index (χ4n) is 4.90. The van der Waals surface area contributed by atoms with Gasteiger partial charge < -0.3 is 20.9 Å². The van der Waals surface area contributed by atoms with Crippen molar-refractivity contribution in [3.63, 3.8) is 0 Å².